The highest BCUT2D eigenvalue weighted by atomic mass is 32.1. The minimum atomic E-state index is -4.36. The van der Waals surface area contributed by atoms with Crippen LogP contribution in [0.3, 0.4) is 0 Å². The number of nitrogens with one attached hydrogen (secondary N) is 2. The average molecular weight is 360 g/mol. The summed E-state index contributed by atoms with van der Waals surface area (Å²) in [6.45, 7) is 3.57. The van der Waals surface area contributed by atoms with Crippen molar-refractivity contribution in [3.63, 3.8) is 0 Å². The molecule has 1 amide bonds. The second-order valence-electron chi connectivity index (χ2n) is 5.15. The van der Waals surface area contributed by atoms with Crippen molar-refractivity contribution in [2.24, 2.45) is 0 Å². The fourth-order valence-corrected chi connectivity index (χ4v) is 3.38. The topological polar surface area (TPSA) is 44.9 Å². The number of hydrogen-bond donors (Lipinski definition) is 2. The molecule has 124 valence electrons. The van der Waals surface area contributed by atoms with Gasteiger partial charge in [0, 0.05) is 10.6 Å². The highest BCUT2D eigenvalue weighted by molar-refractivity contribution is 7.73. The molecule has 0 saturated carbocycles. The van der Waals surface area contributed by atoms with E-state index in [1.54, 1.807) is 6.92 Å². The number of benzene rings is 1. The molecular formula is C15H15F3N2OS2. The number of rotatable bonds is 4. The summed E-state index contributed by atoms with van der Waals surface area (Å²) in [4.78, 5) is 15.9. The van der Waals surface area contributed by atoms with Crippen LogP contribution in [0.15, 0.2) is 24.3 Å². The maximum atomic E-state index is 12.5. The van der Waals surface area contributed by atoms with E-state index < -0.39 is 11.7 Å². The first-order valence-corrected chi connectivity index (χ1v) is 8.04. The number of aromatic nitrogens is 1. The molecular weight excluding hydrogens is 345 g/mol. The van der Waals surface area contributed by atoms with Gasteiger partial charge in [-0.3, -0.25) is 4.79 Å². The summed E-state index contributed by atoms with van der Waals surface area (Å²) >= 11 is 6.36. The smallest absolute Gasteiger partial charge is 0.349 e. The van der Waals surface area contributed by atoms with Gasteiger partial charge in [0.05, 0.1) is 18.0 Å². The van der Waals surface area contributed by atoms with Gasteiger partial charge in [-0.25, -0.2) is 0 Å². The lowest BCUT2D eigenvalue weighted by atomic mass is 10.1. The van der Waals surface area contributed by atoms with Gasteiger partial charge in [0.15, 0.2) is 3.95 Å². The van der Waals surface area contributed by atoms with E-state index in [1.165, 1.54) is 23.5 Å². The van der Waals surface area contributed by atoms with Crippen LogP contribution in [0.1, 0.15) is 34.7 Å². The summed E-state index contributed by atoms with van der Waals surface area (Å²) in [6, 6.07) is 4.40. The zero-order chi connectivity index (χ0) is 17.2. The Labute approximate surface area is 140 Å². The molecule has 0 radical (unpaired) electrons. The number of hydrogen-bond acceptors (Lipinski definition) is 3. The van der Waals surface area contributed by atoms with Gasteiger partial charge in [-0.2, -0.15) is 13.2 Å². The molecule has 1 heterocycles. The Morgan fingerprint density at radius 3 is 2.43 bits per heavy atom. The third-order valence-corrected chi connectivity index (χ3v) is 4.70. The van der Waals surface area contributed by atoms with Gasteiger partial charge in [-0.15, -0.1) is 11.3 Å². The predicted molar refractivity (Wildman–Crippen MR) is 85.9 cm³/mol. The number of thiazole rings is 1. The van der Waals surface area contributed by atoms with Crippen LogP contribution in [0, 0.1) is 10.9 Å². The Morgan fingerprint density at radius 2 is 1.96 bits per heavy atom. The molecule has 0 saturated heterocycles. The van der Waals surface area contributed by atoms with Crippen LogP contribution < -0.4 is 5.32 Å². The minimum absolute atomic E-state index is 0.189. The molecule has 23 heavy (non-hydrogen) atoms. The van der Waals surface area contributed by atoms with E-state index in [4.69, 9.17) is 12.2 Å². The van der Waals surface area contributed by atoms with E-state index in [1.807, 2.05) is 6.92 Å². The molecule has 1 aromatic carbocycles. The number of aryl methyl sites for hydroxylation is 1. The van der Waals surface area contributed by atoms with Gasteiger partial charge < -0.3 is 10.3 Å². The standard InChI is InChI=1S/C15H15F3N2OS2/c1-8(10-3-5-11(6-4-10)15(16,17)18)19-13(21)7-12-9(2)20-14(22)23-12/h3-6,8H,7H2,1-2H3,(H,19,21)(H,20,22). The molecule has 2 rings (SSSR count). The van der Waals surface area contributed by atoms with E-state index >= 15 is 0 Å². The van der Waals surface area contributed by atoms with Crippen molar-refractivity contribution >= 4 is 29.5 Å². The second-order valence-corrected chi connectivity index (χ2v) is 6.92. The SMILES string of the molecule is Cc1[nH]c(=S)sc1CC(=O)NC(C)c1ccc(C(F)(F)F)cc1. The Kier molecular flexibility index (Phi) is 5.26. The van der Waals surface area contributed by atoms with E-state index in [2.05, 4.69) is 10.3 Å². The molecule has 0 spiro atoms. The van der Waals surface area contributed by atoms with Crippen molar-refractivity contribution in [1.82, 2.24) is 10.3 Å². The number of carbonyl (C=O) groups is 1. The molecule has 0 aliphatic carbocycles. The van der Waals surface area contributed by atoms with Crippen molar-refractivity contribution < 1.29 is 18.0 Å². The zero-order valence-corrected chi connectivity index (χ0v) is 14.1. The molecule has 2 N–H and O–H groups in total. The molecule has 1 unspecified atom stereocenters. The van der Waals surface area contributed by atoms with Crippen LogP contribution in [0.2, 0.25) is 0 Å². The van der Waals surface area contributed by atoms with Crippen molar-refractivity contribution in [2.75, 3.05) is 0 Å². The van der Waals surface area contributed by atoms with Crippen molar-refractivity contribution in [3.8, 4) is 0 Å². The molecule has 0 fully saturated rings. The number of alkyl halides is 3. The van der Waals surface area contributed by atoms with E-state index in [0.29, 0.717) is 9.52 Å². The number of H-pyrrole nitrogens is 1. The van der Waals surface area contributed by atoms with Crippen molar-refractivity contribution in [2.45, 2.75) is 32.5 Å². The minimum Gasteiger partial charge on any atom is -0.349 e. The Balaban J connectivity index is 2.01. The molecule has 8 heteroatoms. The summed E-state index contributed by atoms with van der Waals surface area (Å²) in [5.41, 5.74) is 0.768. The van der Waals surface area contributed by atoms with E-state index in [0.717, 1.165) is 22.7 Å². The van der Waals surface area contributed by atoms with Crippen LogP contribution >= 0.6 is 23.6 Å². The van der Waals surface area contributed by atoms with Crippen molar-refractivity contribution in [3.05, 3.63) is 49.9 Å². The largest absolute Gasteiger partial charge is 0.416 e. The third kappa shape index (κ3) is 4.65. The first kappa shape index (κ1) is 17.7. The molecule has 0 aliphatic heterocycles. The second kappa shape index (κ2) is 6.84. The van der Waals surface area contributed by atoms with Crippen LogP contribution in [-0.2, 0) is 17.4 Å². The summed E-state index contributed by atoms with van der Waals surface area (Å²) in [5.74, 6) is -0.203. The van der Waals surface area contributed by atoms with Crippen molar-refractivity contribution in [1.29, 1.82) is 0 Å². The third-order valence-electron chi connectivity index (χ3n) is 3.36. The summed E-state index contributed by atoms with van der Waals surface area (Å²) < 4.78 is 38.2. The molecule has 0 aliphatic rings. The monoisotopic (exact) mass is 360 g/mol. The Bertz CT molecular complexity index is 747. The van der Waals surface area contributed by atoms with Gasteiger partial charge in [0.25, 0.3) is 0 Å². The maximum absolute atomic E-state index is 12.5. The predicted octanol–water partition coefficient (Wildman–Crippen LogP) is 4.55. The van der Waals surface area contributed by atoms with E-state index in [-0.39, 0.29) is 18.4 Å². The number of carbonyl (C=O) groups excluding carboxylic acids is 1. The van der Waals surface area contributed by atoms with E-state index in [9.17, 15) is 18.0 Å². The maximum Gasteiger partial charge on any atom is 0.416 e. The normalized spacial score (nSPS) is 12.9. The zero-order valence-electron chi connectivity index (χ0n) is 12.5. The van der Waals surface area contributed by atoms with Gasteiger partial charge in [0.2, 0.25) is 5.91 Å². The molecule has 3 nitrogen and oxygen atoms in total. The van der Waals surface area contributed by atoms with Crippen LogP contribution in [0.5, 0.6) is 0 Å². The Hall–Kier alpha value is -1.67. The first-order valence-electron chi connectivity index (χ1n) is 6.82. The molecule has 0 bridgehead atoms. The number of halogens is 3. The summed E-state index contributed by atoms with van der Waals surface area (Å²) in [5, 5.41) is 2.78. The average Bonchev–Trinajstić information content (AvgIpc) is 2.75. The highest BCUT2D eigenvalue weighted by Crippen LogP contribution is 2.29. The highest BCUT2D eigenvalue weighted by Gasteiger charge is 2.30. The number of amides is 1. The van der Waals surface area contributed by atoms with Crippen LogP contribution in [0.25, 0.3) is 0 Å². The fourth-order valence-electron chi connectivity index (χ4n) is 2.09. The lowest BCUT2D eigenvalue weighted by Crippen LogP contribution is -2.28. The molecule has 1 aromatic heterocycles. The Morgan fingerprint density at radius 1 is 1.35 bits per heavy atom. The molecule has 2 aromatic rings. The summed E-state index contributed by atoms with van der Waals surface area (Å²) in [7, 11) is 0. The van der Waals surface area contributed by atoms with Crippen LogP contribution in [-0.4, -0.2) is 10.9 Å². The lowest BCUT2D eigenvalue weighted by Gasteiger charge is -2.15. The quantitative estimate of drug-likeness (QED) is 0.786. The van der Waals surface area contributed by atoms with Gasteiger partial charge in [0.1, 0.15) is 0 Å². The van der Waals surface area contributed by atoms with Gasteiger partial charge in [-0.1, -0.05) is 12.1 Å². The lowest BCUT2D eigenvalue weighted by molar-refractivity contribution is -0.137. The number of aromatic amines is 1. The summed E-state index contributed by atoms with van der Waals surface area (Å²) in [6.07, 6.45) is -4.17. The van der Waals surface area contributed by atoms with Gasteiger partial charge >= 0.3 is 6.18 Å². The molecule has 1 atom stereocenters. The fraction of sp³-hybridized carbons (Fsp3) is 0.333. The van der Waals surface area contributed by atoms with Gasteiger partial charge in [-0.05, 0) is 43.8 Å². The first-order chi connectivity index (χ1) is 10.7. The van der Waals surface area contributed by atoms with Crippen LogP contribution in [0.4, 0.5) is 13.2 Å².